The lowest BCUT2D eigenvalue weighted by Crippen LogP contribution is -2.32. The SMILES string of the molecule is NS(=O)(=O)C1CC(=O)N(c2c(F)cc([N+](=O)[O-])cc2Br)C1. The fourth-order valence-corrected chi connectivity index (χ4v) is 3.40. The molecular formula is C10H9BrFN3O5S. The third kappa shape index (κ3) is 3.04. The number of nitrogens with two attached hydrogens (primary N) is 1. The zero-order chi connectivity index (χ0) is 15.9. The number of hydrogen-bond donors (Lipinski definition) is 1. The van der Waals surface area contributed by atoms with Crippen LogP contribution in [0.2, 0.25) is 0 Å². The number of rotatable bonds is 3. The normalized spacial score (nSPS) is 19.1. The van der Waals surface area contributed by atoms with Gasteiger partial charge in [-0.1, -0.05) is 0 Å². The number of amides is 1. The summed E-state index contributed by atoms with van der Waals surface area (Å²) in [6.45, 7) is -0.301. The number of nitrogens with zero attached hydrogens (tertiary/aromatic N) is 2. The van der Waals surface area contributed by atoms with Crippen molar-refractivity contribution in [3.63, 3.8) is 0 Å². The lowest BCUT2D eigenvalue weighted by atomic mass is 10.2. The fourth-order valence-electron chi connectivity index (χ4n) is 2.03. The summed E-state index contributed by atoms with van der Waals surface area (Å²) in [6.07, 6.45) is -0.359. The minimum atomic E-state index is -3.93. The van der Waals surface area contributed by atoms with Crippen molar-refractivity contribution >= 4 is 43.2 Å². The first-order valence-electron chi connectivity index (χ1n) is 5.56. The number of carbonyl (C=O) groups is 1. The molecule has 0 aliphatic carbocycles. The number of halogens is 2. The van der Waals surface area contributed by atoms with Gasteiger partial charge in [-0.2, -0.15) is 0 Å². The zero-order valence-electron chi connectivity index (χ0n) is 10.3. The van der Waals surface area contributed by atoms with Crippen LogP contribution in [0.3, 0.4) is 0 Å². The average Bonchev–Trinajstić information content (AvgIpc) is 2.70. The monoisotopic (exact) mass is 381 g/mol. The molecule has 0 radical (unpaired) electrons. The highest BCUT2D eigenvalue weighted by Crippen LogP contribution is 2.36. The Kier molecular flexibility index (Phi) is 4.00. The van der Waals surface area contributed by atoms with Crippen LogP contribution in [-0.4, -0.2) is 31.0 Å². The Morgan fingerprint density at radius 1 is 1.48 bits per heavy atom. The highest BCUT2D eigenvalue weighted by atomic mass is 79.9. The van der Waals surface area contributed by atoms with Gasteiger partial charge in [0.2, 0.25) is 15.9 Å². The van der Waals surface area contributed by atoms with E-state index < -0.39 is 37.6 Å². The van der Waals surface area contributed by atoms with Crippen molar-refractivity contribution in [2.75, 3.05) is 11.4 Å². The number of non-ortho nitro benzene ring substituents is 1. The first-order chi connectivity index (χ1) is 9.61. The molecule has 2 rings (SSSR count). The number of benzene rings is 1. The van der Waals surface area contributed by atoms with Crippen LogP contribution in [0, 0.1) is 15.9 Å². The van der Waals surface area contributed by atoms with Gasteiger partial charge in [-0.25, -0.2) is 17.9 Å². The molecule has 21 heavy (non-hydrogen) atoms. The van der Waals surface area contributed by atoms with Crippen molar-refractivity contribution in [1.82, 2.24) is 0 Å². The standard InChI is InChI=1S/C10H9BrFN3O5S/c11-7-1-5(15(17)18)2-8(12)10(7)14-4-6(3-9(14)16)21(13,19)20/h1-2,6H,3-4H2,(H2,13,19,20). The van der Waals surface area contributed by atoms with E-state index in [1.807, 2.05) is 0 Å². The van der Waals surface area contributed by atoms with Gasteiger partial charge in [0.15, 0.2) is 5.82 Å². The van der Waals surface area contributed by atoms with Crippen molar-refractivity contribution in [3.05, 3.63) is 32.5 Å². The maximum atomic E-state index is 14.0. The minimum Gasteiger partial charge on any atom is -0.307 e. The van der Waals surface area contributed by atoms with Crippen molar-refractivity contribution < 1.29 is 22.5 Å². The van der Waals surface area contributed by atoms with Crippen molar-refractivity contribution in [1.29, 1.82) is 0 Å². The smallest absolute Gasteiger partial charge is 0.273 e. The molecule has 114 valence electrons. The molecule has 1 fully saturated rings. The topological polar surface area (TPSA) is 124 Å². The van der Waals surface area contributed by atoms with Crippen molar-refractivity contribution in [2.24, 2.45) is 5.14 Å². The first-order valence-corrected chi connectivity index (χ1v) is 7.97. The molecule has 1 unspecified atom stereocenters. The second kappa shape index (κ2) is 5.31. The van der Waals surface area contributed by atoms with Gasteiger partial charge in [0, 0.05) is 19.0 Å². The van der Waals surface area contributed by atoms with Gasteiger partial charge in [-0.15, -0.1) is 0 Å². The fraction of sp³-hybridized carbons (Fsp3) is 0.300. The molecule has 1 aromatic carbocycles. The van der Waals surface area contributed by atoms with E-state index in [2.05, 4.69) is 15.9 Å². The number of anilines is 1. The lowest BCUT2D eigenvalue weighted by molar-refractivity contribution is -0.385. The third-order valence-corrected chi connectivity index (χ3v) is 4.89. The van der Waals surface area contributed by atoms with Crippen LogP contribution >= 0.6 is 15.9 Å². The molecule has 0 spiro atoms. The van der Waals surface area contributed by atoms with Gasteiger partial charge >= 0.3 is 0 Å². The Morgan fingerprint density at radius 3 is 2.52 bits per heavy atom. The predicted molar refractivity (Wildman–Crippen MR) is 74.6 cm³/mol. The predicted octanol–water partition coefficient (Wildman–Crippen LogP) is 0.890. The largest absolute Gasteiger partial charge is 0.307 e. The summed E-state index contributed by atoms with van der Waals surface area (Å²) >= 11 is 2.96. The summed E-state index contributed by atoms with van der Waals surface area (Å²) in [5.41, 5.74) is -0.727. The first kappa shape index (κ1) is 15.8. The number of nitro benzene ring substituents is 1. The van der Waals surface area contributed by atoms with E-state index in [1.54, 1.807) is 0 Å². The van der Waals surface area contributed by atoms with Gasteiger partial charge in [-0.05, 0) is 15.9 Å². The van der Waals surface area contributed by atoms with Crippen LogP contribution < -0.4 is 10.0 Å². The summed E-state index contributed by atoms with van der Waals surface area (Å²) in [5, 5.41) is 14.5. The molecule has 0 aromatic heterocycles. The quantitative estimate of drug-likeness (QED) is 0.614. The second-order valence-electron chi connectivity index (χ2n) is 4.43. The Hall–Kier alpha value is -1.59. The number of carbonyl (C=O) groups excluding carboxylic acids is 1. The van der Waals surface area contributed by atoms with E-state index in [0.29, 0.717) is 6.07 Å². The van der Waals surface area contributed by atoms with Crippen LogP contribution in [0.5, 0.6) is 0 Å². The average molecular weight is 382 g/mol. The molecule has 1 aromatic rings. The summed E-state index contributed by atoms with van der Waals surface area (Å²) in [5.74, 6) is -1.62. The van der Waals surface area contributed by atoms with E-state index in [9.17, 15) is 27.7 Å². The van der Waals surface area contributed by atoms with E-state index in [0.717, 1.165) is 11.0 Å². The summed E-state index contributed by atoms with van der Waals surface area (Å²) in [6, 6.07) is 1.70. The molecule has 2 N–H and O–H groups in total. The Labute approximate surface area is 127 Å². The number of nitro groups is 1. The van der Waals surface area contributed by atoms with E-state index in [1.165, 1.54) is 0 Å². The number of hydrogen-bond acceptors (Lipinski definition) is 5. The van der Waals surface area contributed by atoms with Crippen LogP contribution in [0.15, 0.2) is 16.6 Å². The molecule has 0 saturated carbocycles. The summed E-state index contributed by atoms with van der Waals surface area (Å²) < 4.78 is 36.5. The van der Waals surface area contributed by atoms with Crippen LogP contribution in [0.25, 0.3) is 0 Å². The van der Waals surface area contributed by atoms with E-state index in [-0.39, 0.29) is 23.1 Å². The molecule has 1 aliphatic rings. The molecule has 0 bridgehead atoms. The Balaban J connectivity index is 2.44. The van der Waals surface area contributed by atoms with Crippen LogP contribution in [0.1, 0.15) is 6.42 Å². The van der Waals surface area contributed by atoms with Crippen molar-refractivity contribution in [3.8, 4) is 0 Å². The van der Waals surface area contributed by atoms with Gasteiger partial charge < -0.3 is 4.90 Å². The molecule has 1 heterocycles. The molecule has 1 saturated heterocycles. The Morgan fingerprint density at radius 2 is 2.10 bits per heavy atom. The Bertz CT molecular complexity index is 715. The highest BCUT2D eigenvalue weighted by Gasteiger charge is 2.39. The molecule has 1 aliphatic heterocycles. The van der Waals surface area contributed by atoms with Gasteiger partial charge in [0.25, 0.3) is 5.69 Å². The summed E-state index contributed by atoms with van der Waals surface area (Å²) in [7, 11) is -3.93. The van der Waals surface area contributed by atoms with Crippen LogP contribution in [0.4, 0.5) is 15.8 Å². The molecule has 1 atom stereocenters. The van der Waals surface area contributed by atoms with Gasteiger partial charge in [-0.3, -0.25) is 14.9 Å². The van der Waals surface area contributed by atoms with Crippen LogP contribution in [-0.2, 0) is 14.8 Å². The van der Waals surface area contributed by atoms with E-state index >= 15 is 0 Å². The van der Waals surface area contributed by atoms with Gasteiger partial charge in [0.05, 0.1) is 21.1 Å². The maximum absolute atomic E-state index is 14.0. The molecular weight excluding hydrogens is 373 g/mol. The summed E-state index contributed by atoms with van der Waals surface area (Å²) in [4.78, 5) is 22.6. The highest BCUT2D eigenvalue weighted by molar-refractivity contribution is 9.10. The number of primary sulfonamides is 1. The molecule has 8 nitrogen and oxygen atoms in total. The second-order valence-corrected chi connectivity index (χ2v) is 7.13. The molecule has 11 heteroatoms. The third-order valence-electron chi connectivity index (χ3n) is 3.04. The number of sulfonamides is 1. The van der Waals surface area contributed by atoms with Gasteiger partial charge in [0.1, 0.15) is 5.25 Å². The zero-order valence-corrected chi connectivity index (χ0v) is 12.7. The van der Waals surface area contributed by atoms with Crippen molar-refractivity contribution in [2.45, 2.75) is 11.7 Å². The maximum Gasteiger partial charge on any atom is 0.273 e. The van der Waals surface area contributed by atoms with E-state index in [4.69, 9.17) is 5.14 Å². The lowest BCUT2D eigenvalue weighted by Gasteiger charge is -2.18. The minimum absolute atomic E-state index is 0.0161. The molecule has 1 amide bonds.